The minimum atomic E-state index is -0.568. The number of carbonyl (C=O) groups is 2. The van der Waals surface area contributed by atoms with E-state index in [4.69, 9.17) is 9.41 Å². The fraction of sp³-hybridized carbons (Fsp3) is 0.485. The Kier molecular flexibility index (Phi) is 8.69. The summed E-state index contributed by atoms with van der Waals surface area (Å²) >= 11 is 0. The maximum Gasteiger partial charge on any atom is 0.256 e. The van der Waals surface area contributed by atoms with Crippen LogP contribution in [0, 0.1) is 5.92 Å². The first-order valence-electron chi connectivity index (χ1n) is 15.0. The molecule has 0 radical (unpaired) electrons. The van der Waals surface area contributed by atoms with Crippen molar-refractivity contribution in [2.45, 2.75) is 64.8 Å². The summed E-state index contributed by atoms with van der Waals surface area (Å²) in [4.78, 5) is 33.4. The highest BCUT2D eigenvalue weighted by atomic mass is 16.3. The Morgan fingerprint density at radius 3 is 2.38 bits per heavy atom. The van der Waals surface area contributed by atoms with E-state index in [0.717, 1.165) is 91.8 Å². The predicted octanol–water partition coefficient (Wildman–Crippen LogP) is 5.88. The van der Waals surface area contributed by atoms with Crippen molar-refractivity contribution in [3.05, 3.63) is 60.4 Å². The molecule has 0 bridgehead atoms. The van der Waals surface area contributed by atoms with Gasteiger partial charge in [0, 0.05) is 36.5 Å². The number of nitrogens with zero attached hydrogens (tertiary/aromatic N) is 3. The van der Waals surface area contributed by atoms with Crippen LogP contribution in [0.4, 0.5) is 0 Å². The van der Waals surface area contributed by atoms with Crippen molar-refractivity contribution in [3.63, 3.8) is 0 Å². The minimum Gasteiger partial charge on any atom is -0.464 e. The van der Waals surface area contributed by atoms with Gasteiger partial charge in [-0.1, -0.05) is 43.7 Å². The number of carbonyl (C=O) groups excluding carboxylic acids is 2. The second-order valence-electron chi connectivity index (χ2n) is 11.1. The molecule has 2 fully saturated rings. The van der Waals surface area contributed by atoms with Crippen LogP contribution in [0.15, 0.2) is 64.2 Å². The Balaban J connectivity index is 0.000000227. The standard InChI is InChI=1S/C23H23N3O2.C10H19NO/c1-2-26-21(25-23(22(26)27)10-12-24-13-11-23)17-5-3-16(4-6-17)18-7-8-20-19(15-18)9-14-28-20;1-3-5-8-11(4-2)10(12)9-6-7-9/h3-9,14-15,24H,2,10-13H2,1H3;9H,3-8H2,1-2H3. The summed E-state index contributed by atoms with van der Waals surface area (Å²) in [5, 5.41) is 4.43. The van der Waals surface area contributed by atoms with Gasteiger partial charge in [0.1, 0.15) is 17.0 Å². The third kappa shape index (κ3) is 5.85. The molecule has 2 aliphatic heterocycles. The van der Waals surface area contributed by atoms with Crippen LogP contribution in [0.1, 0.15) is 64.9 Å². The van der Waals surface area contributed by atoms with Crippen LogP contribution in [0.3, 0.4) is 0 Å². The van der Waals surface area contributed by atoms with Crippen LogP contribution in [-0.2, 0) is 9.59 Å². The number of rotatable bonds is 8. The number of piperidine rings is 1. The number of hydrogen-bond donors (Lipinski definition) is 1. The highest BCUT2D eigenvalue weighted by Crippen LogP contribution is 2.34. The van der Waals surface area contributed by atoms with Gasteiger partial charge in [-0.05, 0) is 88.4 Å². The number of hydrogen-bond acceptors (Lipinski definition) is 5. The van der Waals surface area contributed by atoms with Gasteiger partial charge in [-0.3, -0.25) is 19.5 Å². The number of amidine groups is 1. The molecule has 1 aliphatic carbocycles. The smallest absolute Gasteiger partial charge is 0.256 e. The van der Waals surface area contributed by atoms with E-state index in [-0.39, 0.29) is 5.91 Å². The lowest BCUT2D eigenvalue weighted by atomic mass is 9.88. The fourth-order valence-corrected chi connectivity index (χ4v) is 5.66. The Hall–Kier alpha value is -3.45. The first-order chi connectivity index (χ1) is 19.5. The zero-order chi connectivity index (χ0) is 28.1. The molecule has 1 aromatic heterocycles. The fourth-order valence-electron chi connectivity index (χ4n) is 5.66. The maximum absolute atomic E-state index is 13.1. The quantitative estimate of drug-likeness (QED) is 0.386. The lowest BCUT2D eigenvalue weighted by Gasteiger charge is -2.29. The molecule has 40 heavy (non-hydrogen) atoms. The molecule has 3 heterocycles. The van der Waals surface area contributed by atoms with Crippen molar-refractivity contribution in [1.29, 1.82) is 0 Å². The van der Waals surface area contributed by atoms with Crippen molar-refractivity contribution in [1.82, 2.24) is 15.1 Å². The van der Waals surface area contributed by atoms with Gasteiger partial charge in [0.15, 0.2) is 0 Å². The van der Waals surface area contributed by atoms with Gasteiger partial charge < -0.3 is 14.6 Å². The zero-order valence-electron chi connectivity index (χ0n) is 24.1. The summed E-state index contributed by atoms with van der Waals surface area (Å²) in [5.74, 6) is 1.75. The van der Waals surface area contributed by atoms with Crippen LogP contribution in [0.2, 0.25) is 0 Å². The largest absolute Gasteiger partial charge is 0.464 e. The normalized spacial score (nSPS) is 18.0. The summed E-state index contributed by atoms with van der Waals surface area (Å²) in [6.45, 7) is 10.4. The number of fused-ring (bicyclic) bond motifs is 1. The summed E-state index contributed by atoms with van der Waals surface area (Å²) in [6, 6.07) is 16.5. The molecule has 1 N–H and O–H groups in total. The molecule has 7 nitrogen and oxygen atoms in total. The molecule has 2 amide bonds. The molecular weight excluding hydrogens is 500 g/mol. The molecule has 0 unspecified atom stereocenters. The molecule has 212 valence electrons. The first-order valence-corrected chi connectivity index (χ1v) is 15.0. The molecular formula is C33H42N4O3. The lowest BCUT2D eigenvalue weighted by molar-refractivity contribution is -0.132. The number of likely N-dealkylation sites (N-methyl/N-ethyl adjacent to an activating group) is 1. The lowest BCUT2D eigenvalue weighted by Crippen LogP contribution is -2.48. The van der Waals surface area contributed by atoms with Crippen molar-refractivity contribution < 1.29 is 14.0 Å². The summed E-state index contributed by atoms with van der Waals surface area (Å²) < 4.78 is 5.43. The van der Waals surface area contributed by atoms with Crippen molar-refractivity contribution in [2.24, 2.45) is 10.9 Å². The average molecular weight is 543 g/mol. The predicted molar refractivity (Wildman–Crippen MR) is 160 cm³/mol. The second-order valence-corrected chi connectivity index (χ2v) is 11.1. The van der Waals surface area contributed by atoms with Gasteiger partial charge >= 0.3 is 0 Å². The van der Waals surface area contributed by atoms with Gasteiger partial charge in [0.05, 0.1) is 6.26 Å². The Labute approximate surface area is 237 Å². The van der Waals surface area contributed by atoms with E-state index >= 15 is 0 Å². The highest BCUT2D eigenvalue weighted by molar-refractivity contribution is 6.15. The maximum atomic E-state index is 13.1. The van der Waals surface area contributed by atoms with Gasteiger partial charge in [-0.25, -0.2) is 0 Å². The number of benzene rings is 2. The topological polar surface area (TPSA) is 78.2 Å². The number of unbranched alkanes of at least 4 members (excludes halogenated alkanes) is 1. The van der Waals surface area contributed by atoms with E-state index in [2.05, 4.69) is 55.6 Å². The molecule has 2 aromatic carbocycles. The van der Waals surface area contributed by atoms with Crippen molar-refractivity contribution in [3.8, 4) is 11.1 Å². The Morgan fingerprint density at radius 1 is 1.02 bits per heavy atom. The number of amides is 2. The van der Waals surface area contributed by atoms with E-state index in [1.54, 1.807) is 6.26 Å². The summed E-state index contributed by atoms with van der Waals surface area (Å²) in [6.07, 6.45) is 7.83. The molecule has 6 rings (SSSR count). The molecule has 0 atom stereocenters. The van der Waals surface area contributed by atoms with E-state index in [1.807, 2.05) is 28.9 Å². The second kappa shape index (κ2) is 12.4. The third-order valence-electron chi connectivity index (χ3n) is 8.30. The highest BCUT2D eigenvalue weighted by Gasteiger charge is 2.48. The third-order valence-corrected chi connectivity index (χ3v) is 8.30. The van der Waals surface area contributed by atoms with E-state index < -0.39 is 5.54 Å². The average Bonchev–Trinajstić information content (AvgIpc) is 3.68. The summed E-state index contributed by atoms with van der Waals surface area (Å²) in [7, 11) is 0. The van der Waals surface area contributed by atoms with Crippen LogP contribution >= 0.6 is 0 Å². The van der Waals surface area contributed by atoms with Crippen LogP contribution in [-0.4, -0.2) is 65.7 Å². The van der Waals surface area contributed by atoms with Crippen molar-refractivity contribution >= 4 is 28.6 Å². The van der Waals surface area contributed by atoms with Gasteiger partial charge in [-0.15, -0.1) is 0 Å². The molecule has 1 saturated carbocycles. The molecule has 3 aliphatic rings. The summed E-state index contributed by atoms with van der Waals surface area (Å²) in [5.41, 5.74) is 3.61. The molecule has 1 spiro atoms. The Morgan fingerprint density at radius 2 is 1.73 bits per heavy atom. The van der Waals surface area contributed by atoms with E-state index in [0.29, 0.717) is 18.4 Å². The van der Waals surface area contributed by atoms with Gasteiger partial charge in [-0.2, -0.15) is 0 Å². The molecule has 7 heteroatoms. The van der Waals surface area contributed by atoms with E-state index in [9.17, 15) is 9.59 Å². The molecule has 3 aromatic rings. The van der Waals surface area contributed by atoms with Crippen molar-refractivity contribution in [2.75, 3.05) is 32.7 Å². The van der Waals surface area contributed by atoms with Crippen LogP contribution < -0.4 is 5.32 Å². The van der Waals surface area contributed by atoms with Gasteiger partial charge in [0.2, 0.25) is 5.91 Å². The van der Waals surface area contributed by atoms with Gasteiger partial charge in [0.25, 0.3) is 5.91 Å². The van der Waals surface area contributed by atoms with Crippen LogP contribution in [0.25, 0.3) is 22.1 Å². The monoisotopic (exact) mass is 542 g/mol. The molecule has 1 saturated heterocycles. The number of aliphatic imine (C=N–C) groups is 1. The Bertz CT molecular complexity index is 1350. The van der Waals surface area contributed by atoms with Crippen LogP contribution in [0.5, 0.6) is 0 Å². The SMILES string of the molecule is CCCCN(CC)C(=O)C1CC1.CCN1C(=O)C2(CCNCC2)N=C1c1ccc(-c2ccc3occc3c2)cc1. The number of nitrogens with one attached hydrogen (secondary N) is 1. The minimum absolute atomic E-state index is 0.154. The number of furan rings is 1. The van der Waals surface area contributed by atoms with E-state index in [1.165, 1.54) is 6.42 Å². The first kappa shape index (κ1) is 28.1. The zero-order valence-corrected chi connectivity index (χ0v) is 24.1.